The van der Waals surface area contributed by atoms with Crippen LogP contribution in [0.3, 0.4) is 0 Å². The van der Waals surface area contributed by atoms with Gasteiger partial charge in [-0.1, -0.05) is 19.3 Å². The Morgan fingerprint density at radius 2 is 1.97 bits per heavy atom. The molecule has 1 aromatic heterocycles. The summed E-state index contributed by atoms with van der Waals surface area (Å²) in [6, 6.07) is 4.12. The first kappa shape index (κ1) is 20.3. The number of aromatic nitrogens is 1. The molecule has 3 fully saturated rings. The van der Waals surface area contributed by atoms with Gasteiger partial charge in [0.05, 0.1) is 6.54 Å². The zero-order valence-corrected chi connectivity index (χ0v) is 17.5. The van der Waals surface area contributed by atoms with Crippen molar-refractivity contribution in [1.29, 1.82) is 0 Å². The Kier molecular flexibility index (Phi) is 5.38. The molecule has 2 saturated carbocycles. The summed E-state index contributed by atoms with van der Waals surface area (Å²) in [5.74, 6) is 0.451. The molecule has 2 heterocycles. The molecule has 4 rings (SSSR count). The Labute approximate surface area is 172 Å². The number of aryl methyl sites for hydroxylation is 1. The van der Waals surface area contributed by atoms with Crippen molar-refractivity contribution >= 4 is 17.6 Å². The maximum atomic E-state index is 13.7. The van der Waals surface area contributed by atoms with Crippen LogP contribution >= 0.6 is 0 Å². The zero-order valence-electron chi connectivity index (χ0n) is 17.5. The van der Waals surface area contributed by atoms with Crippen molar-refractivity contribution in [2.24, 2.45) is 11.7 Å². The first-order valence-corrected chi connectivity index (χ1v) is 11.0. The smallest absolute Gasteiger partial charge is 0.328 e. The molecule has 5 N–H and O–H groups in total. The van der Waals surface area contributed by atoms with Crippen molar-refractivity contribution < 1.29 is 14.1 Å². The van der Waals surface area contributed by atoms with Crippen LogP contribution in [0.15, 0.2) is 12.1 Å². The van der Waals surface area contributed by atoms with Crippen molar-refractivity contribution in [2.45, 2.75) is 76.4 Å². The number of hydrogen-bond acceptors (Lipinski definition) is 5. The number of anilines is 1. The van der Waals surface area contributed by atoms with E-state index in [1.165, 1.54) is 19.3 Å². The number of rotatable bonds is 6. The van der Waals surface area contributed by atoms with E-state index in [1.807, 2.05) is 13.0 Å². The Morgan fingerprint density at radius 3 is 2.66 bits per heavy atom. The summed E-state index contributed by atoms with van der Waals surface area (Å²) < 4.78 is 0.138. The Morgan fingerprint density at radius 1 is 1.21 bits per heavy atom. The lowest BCUT2D eigenvalue weighted by Crippen LogP contribution is -2.69. The number of pyridine rings is 1. The fourth-order valence-electron chi connectivity index (χ4n) is 5.91. The number of hydrogen-bond donors (Lipinski definition) is 3. The normalized spacial score (nSPS) is 31.8. The van der Waals surface area contributed by atoms with E-state index in [9.17, 15) is 9.59 Å². The molecule has 3 atom stereocenters. The summed E-state index contributed by atoms with van der Waals surface area (Å²) in [5.41, 5.74) is 12.8. The van der Waals surface area contributed by atoms with Gasteiger partial charge in [-0.05, 0) is 44.7 Å². The number of quaternary nitrogens is 1. The molecule has 1 aromatic rings. The molecule has 0 spiro atoms. The fraction of sp³-hybridized carbons (Fsp3) is 0.682. The number of carbonyl (C=O) groups excluding carboxylic acids is 2. The van der Waals surface area contributed by atoms with Crippen LogP contribution in [0.1, 0.15) is 62.6 Å². The number of likely N-dealkylation sites (tertiary alicyclic amines) is 1. The predicted molar refractivity (Wildman–Crippen MR) is 111 cm³/mol. The second-order valence-corrected chi connectivity index (χ2v) is 9.27. The van der Waals surface area contributed by atoms with E-state index in [1.54, 1.807) is 6.07 Å². The topological polar surface area (TPSA) is 111 Å². The van der Waals surface area contributed by atoms with Crippen molar-refractivity contribution in [3.05, 3.63) is 23.4 Å². The van der Waals surface area contributed by atoms with E-state index in [2.05, 4.69) is 10.3 Å². The lowest BCUT2D eigenvalue weighted by Gasteiger charge is -2.45. The number of piperidine rings is 1. The molecule has 7 heteroatoms. The summed E-state index contributed by atoms with van der Waals surface area (Å²) in [5, 5.41) is 3.50. The van der Waals surface area contributed by atoms with Gasteiger partial charge in [-0.3, -0.25) is 4.79 Å². The van der Waals surface area contributed by atoms with Gasteiger partial charge >= 0.3 is 5.91 Å². The van der Waals surface area contributed by atoms with Crippen LogP contribution in [0.2, 0.25) is 0 Å². The molecule has 29 heavy (non-hydrogen) atoms. The third-order valence-corrected chi connectivity index (χ3v) is 7.64. The molecule has 158 valence electrons. The molecule has 2 amide bonds. The Hall–Kier alpha value is -1.99. The average molecular weight is 401 g/mol. The van der Waals surface area contributed by atoms with Gasteiger partial charge in [0, 0.05) is 29.6 Å². The number of fused-ring (bicyclic) bond motifs is 1. The van der Waals surface area contributed by atoms with E-state index in [-0.39, 0.29) is 22.2 Å². The quantitative estimate of drug-likeness (QED) is 0.630. The van der Waals surface area contributed by atoms with Crippen LogP contribution in [0.25, 0.3) is 0 Å². The molecule has 0 bridgehead atoms. The van der Waals surface area contributed by atoms with Crippen LogP contribution in [-0.4, -0.2) is 46.0 Å². The molecule has 1 unspecified atom stereocenters. The predicted octanol–water partition coefficient (Wildman–Crippen LogP) is 1.78. The van der Waals surface area contributed by atoms with Crippen molar-refractivity contribution in [3.8, 4) is 0 Å². The lowest BCUT2D eigenvalue weighted by molar-refractivity contribution is -0.899. The zero-order chi connectivity index (χ0) is 20.6. The highest BCUT2D eigenvalue weighted by Gasteiger charge is 2.76. The highest BCUT2D eigenvalue weighted by atomic mass is 16.2. The second kappa shape index (κ2) is 7.69. The van der Waals surface area contributed by atoms with E-state index >= 15 is 0 Å². The standard InChI is InChI=1S/C22H33N5O2/c1-15-16(9-10-19(23)26-15)14-27(11-5-6-17-12-22(17,27)21(24)29)20(28)13-25-18-7-3-2-4-8-18/h9-10,17-18,25H,2-8,11-14H2,1H3,(H3-,23,24,26,29)/p+1/t17-,22+,27?/m1/s1. The number of amides is 2. The van der Waals surface area contributed by atoms with Gasteiger partial charge in [0.2, 0.25) is 0 Å². The van der Waals surface area contributed by atoms with Gasteiger partial charge < -0.3 is 16.8 Å². The summed E-state index contributed by atoms with van der Waals surface area (Å²) >= 11 is 0. The van der Waals surface area contributed by atoms with Crippen LogP contribution in [-0.2, 0) is 16.1 Å². The monoisotopic (exact) mass is 400 g/mol. The molecular formula is C22H34N5O2+. The maximum Gasteiger partial charge on any atom is 0.328 e. The highest BCUT2D eigenvalue weighted by Crippen LogP contribution is 2.59. The number of nitrogens with one attached hydrogen (secondary N) is 1. The minimum Gasteiger partial charge on any atom is -0.384 e. The number of nitrogen functional groups attached to an aromatic ring is 1. The largest absolute Gasteiger partial charge is 0.384 e. The van der Waals surface area contributed by atoms with E-state index in [0.29, 0.717) is 31.5 Å². The minimum atomic E-state index is -0.753. The first-order chi connectivity index (χ1) is 13.9. The van der Waals surface area contributed by atoms with Gasteiger partial charge in [-0.25, -0.2) is 14.3 Å². The summed E-state index contributed by atoms with van der Waals surface area (Å²) in [7, 11) is 0. The van der Waals surface area contributed by atoms with Crippen LogP contribution in [0.5, 0.6) is 0 Å². The van der Waals surface area contributed by atoms with E-state index < -0.39 is 5.54 Å². The second-order valence-electron chi connectivity index (χ2n) is 9.27. The third-order valence-electron chi connectivity index (χ3n) is 7.64. The Balaban J connectivity index is 1.63. The number of nitrogens with zero attached hydrogens (tertiary/aromatic N) is 2. The molecule has 1 saturated heterocycles. The minimum absolute atomic E-state index is 0.0906. The summed E-state index contributed by atoms with van der Waals surface area (Å²) in [6.45, 7) is 3.34. The van der Waals surface area contributed by atoms with Gasteiger partial charge in [0.1, 0.15) is 18.9 Å². The highest BCUT2D eigenvalue weighted by molar-refractivity contribution is 5.90. The molecule has 0 radical (unpaired) electrons. The number of carbonyl (C=O) groups is 2. The summed E-state index contributed by atoms with van der Waals surface area (Å²) in [6.07, 6.45) is 8.60. The number of nitrogens with two attached hydrogens (primary N) is 2. The molecule has 3 aliphatic rings. The number of primary amides is 1. The lowest BCUT2D eigenvalue weighted by atomic mass is 9.94. The van der Waals surface area contributed by atoms with E-state index in [4.69, 9.17) is 11.5 Å². The summed E-state index contributed by atoms with van der Waals surface area (Å²) in [4.78, 5) is 30.8. The van der Waals surface area contributed by atoms with Crippen molar-refractivity contribution in [1.82, 2.24) is 10.3 Å². The van der Waals surface area contributed by atoms with Gasteiger partial charge in [0.25, 0.3) is 5.91 Å². The van der Waals surface area contributed by atoms with Gasteiger partial charge in [-0.15, -0.1) is 0 Å². The van der Waals surface area contributed by atoms with E-state index in [0.717, 1.165) is 43.4 Å². The first-order valence-electron chi connectivity index (χ1n) is 11.0. The fourth-order valence-corrected chi connectivity index (χ4v) is 5.91. The molecule has 0 aromatic carbocycles. The molecule has 7 nitrogen and oxygen atoms in total. The molecular weight excluding hydrogens is 366 g/mol. The third kappa shape index (κ3) is 3.44. The van der Waals surface area contributed by atoms with Crippen molar-refractivity contribution in [3.63, 3.8) is 0 Å². The van der Waals surface area contributed by atoms with Crippen LogP contribution in [0, 0.1) is 12.8 Å². The van der Waals surface area contributed by atoms with Crippen LogP contribution < -0.4 is 16.8 Å². The molecule has 1 aliphatic heterocycles. The Bertz CT molecular complexity index is 806. The molecule has 2 aliphatic carbocycles. The SMILES string of the molecule is Cc1nc(N)ccc1C[N+]1(C(=O)CNC2CCCCC2)CCC[C@@H]2C[C@@]21C(N)=O. The maximum absolute atomic E-state index is 13.7. The van der Waals surface area contributed by atoms with Gasteiger partial charge in [-0.2, -0.15) is 0 Å². The van der Waals surface area contributed by atoms with Gasteiger partial charge in [0.15, 0.2) is 5.54 Å². The van der Waals surface area contributed by atoms with Crippen molar-refractivity contribution in [2.75, 3.05) is 18.8 Å². The average Bonchev–Trinajstić information content (AvgIpc) is 3.46. The van der Waals surface area contributed by atoms with Crippen LogP contribution in [0.4, 0.5) is 5.82 Å².